The van der Waals surface area contributed by atoms with Crippen LogP contribution in [0.4, 0.5) is 0 Å². The standard InChI is InChI=1S/C15H24N4S/c1-13(2)10-17-15(20)19-8-6-18(7-9-19)12-14-4-3-5-16-11-14/h3-5,11,13H,6-10,12H2,1-2H3,(H,17,20). The van der Waals surface area contributed by atoms with E-state index in [4.69, 9.17) is 12.2 Å². The van der Waals surface area contributed by atoms with Crippen molar-refractivity contribution in [3.8, 4) is 0 Å². The zero-order valence-corrected chi connectivity index (χ0v) is 13.2. The van der Waals surface area contributed by atoms with Crippen molar-refractivity contribution in [2.75, 3.05) is 32.7 Å². The van der Waals surface area contributed by atoms with E-state index in [0.717, 1.165) is 44.4 Å². The number of pyridine rings is 1. The van der Waals surface area contributed by atoms with E-state index in [1.54, 1.807) is 0 Å². The average Bonchev–Trinajstić information content (AvgIpc) is 2.46. The molecule has 0 aromatic carbocycles. The molecule has 1 aromatic heterocycles. The molecule has 0 amide bonds. The molecule has 1 aliphatic rings. The summed E-state index contributed by atoms with van der Waals surface area (Å²) >= 11 is 5.45. The normalized spacial score (nSPS) is 16.4. The van der Waals surface area contributed by atoms with Crippen LogP contribution in [-0.4, -0.2) is 52.6 Å². The van der Waals surface area contributed by atoms with Gasteiger partial charge in [0.1, 0.15) is 0 Å². The highest BCUT2D eigenvalue weighted by Crippen LogP contribution is 2.07. The largest absolute Gasteiger partial charge is 0.362 e. The third kappa shape index (κ3) is 4.72. The van der Waals surface area contributed by atoms with Crippen LogP contribution in [0.3, 0.4) is 0 Å². The number of nitrogens with one attached hydrogen (secondary N) is 1. The van der Waals surface area contributed by atoms with Gasteiger partial charge in [-0.2, -0.15) is 0 Å². The van der Waals surface area contributed by atoms with Crippen molar-refractivity contribution in [1.29, 1.82) is 0 Å². The van der Waals surface area contributed by atoms with Crippen LogP contribution in [0.2, 0.25) is 0 Å². The molecule has 0 atom stereocenters. The predicted octanol–water partition coefficient (Wildman–Crippen LogP) is 1.73. The summed E-state index contributed by atoms with van der Waals surface area (Å²) in [6.07, 6.45) is 3.77. The van der Waals surface area contributed by atoms with Crippen LogP contribution in [0, 0.1) is 5.92 Å². The molecule has 1 aromatic rings. The van der Waals surface area contributed by atoms with Crippen molar-refractivity contribution >= 4 is 17.3 Å². The molecule has 1 N–H and O–H groups in total. The molecule has 1 saturated heterocycles. The number of piperazine rings is 1. The van der Waals surface area contributed by atoms with Gasteiger partial charge >= 0.3 is 0 Å². The lowest BCUT2D eigenvalue weighted by Crippen LogP contribution is -2.51. The zero-order valence-electron chi connectivity index (χ0n) is 12.4. The molecule has 0 radical (unpaired) electrons. The first-order valence-corrected chi connectivity index (χ1v) is 7.70. The highest BCUT2D eigenvalue weighted by molar-refractivity contribution is 7.80. The number of hydrogen-bond donors (Lipinski definition) is 1. The Bertz CT molecular complexity index is 413. The highest BCUT2D eigenvalue weighted by Gasteiger charge is 2.18. The van der Waals surface area contributed by atoms with Crippen LogP contribution in [0.5, 0.6) is 0 Å². The maximum atomic E-state index is 5.45. The quantitative estimate of drug-likeness (QED) is 0.854. The number of rotatable bonds is 4. The first-order chi connectivity index (χ1) is 9.65. The maximum absolute atomic E-state index is 5.45. The Morgan fingerprint density at radius 3 is 2.70 bits per heavy atom. The molecule has 2 rings (SSSR count). The molecule has 0 saturated carbocycles. The second-order valence-electron chi connectivity index (χ2n) is 5.70. The Morgan fingerprint density at radius 1 is 1.35 bits per heavy atom. The topological polar surface area (TPSA) is 31.4 Å². The molecule has 110 valence electrons. The van der Waals surface area contributed by atoms with Crippen molar-refractivity contribution < 1.29 is 0 Å². The SMILES string of the molecule is CC(C)CNC(=S)N1CCN(Cc2cccnc2)CC1. The number of nitrogens with zero attached hydrogens (tertiary/aromatic N) is 3. The van der Waals surface area contributed by atoms with Crippen LogP contribution in [0.15, 0.2) is 24.5 Å². The fourth-order valence-electron chi connectivity index (χ4n) is 2.26. The summed E-state index contributed by atoms with van der Waals surface area (Å²) in [6.45, 7) is 10.4. The van der Waals surface area contributed by atoms with Crippen molar-refractivity contribution in [2.45, 2.75) is 20.4 Å². The minimum absolute atomic E-state index is 0.625. The fraction of sp³-hybridized carbons (Fsp3) is 0.600. The number of thiocarbonyl (C=S) groups is 1. The molecule has 0 unspecified atom stereocenters. The van der Waals surface area contributed by atoms with Crippen LogP contribution >= 0.6 is 12.2 Å². The molecule has 0 bridgehead atoms. The van der Waals surface area contributed by atoms with Gasteiger partial charge in [0.05, 0.1) is 0 Å². The third-order valence-electron chi connectivity index (χ3n) is 3.45. The van der Waals surface area contributed by atoms with Crippen molar-refractivity contribution in [3.63, 3.8) is 0 Å². The average molecular weight is 292 g/mol. The molecular weight excluding hydrogens is 268 g/mol. The Hall–Kier alpha value is -1.20. The summed E-state index contributed by atoms with van der Waals surface area (Å²) in [5, 5.41) is 4.25. The van der Waals surface area contributed by atoms with E-state index in [1.807, 2.05) is 18.5 Å². The lowest BCUT2D eigenvalue weighted by atomic mass is 10.2. The van der Waals surface area contributed by atoms with Gasteiger partial charge in [-0.15, -0.1) is 0 Å². The molecule has 4 nitrogen and oxygen atoms in total. The predicted molar refractivity (Wildman–Crippen MR) is 86.5 cm³/mol. The van der Waals surface area contributed by atoms with Crippen molar-refractivity contribution in [3.05, 3.63) is 30.1 Å². The van der Waals surface area contributed by atoms with Gasteiger partial charge in [0.15, 0.2) is 5.11 Å². The van der Waals surface area contributed by atoms with Gasteiger partial charge in [-0.05, 0) is 29.8 Å². The smallest absolute Gasteiger partial charge is 0.169 e. The zero-order chi connectivity index (χ0) is 14.4. The molecule has 20 heavy (non-hydrogen) atoms. The van der Waals surface area contributed by atoms with E-state index in [9.17, 15) is 0 Å². The summed E-state index contributed by atoms with van der Waals surface area (Å²) in [5.41, 5.74) is 1.28. The fourth-order valence-corrected chi connectivity index (χ4v) is 2.53. The Morgan fingerprint density at radius 2 is 2.10 bits per heavy atom. The highest BCUT2D eigenvalue weighted by atomic mass is 32.1. The summed E-state index contributed by atoms with van der Waals surface area (Å²) < 4.78 is 0. The summed E-state index contributed by atoms with van der Waals surface area (Å²) in [7, 11) is 0. The summed E-state index contributed by atoms with van der Waals surface area (Å²) in [5.74, 6) is 0.625. The second-order valence-corrected chi connectivity index (χ2v) is 6.09. The van der Waals surface area contributed by atoms with Gasteiger partial charge in [-0.25, -0.2) is 0 Å². The van der Waals surface area contributed by atoms with E-state index in [-0.39, 0.29) is 0 Å². The monoisotopic (exact) mass is 292 g/mol. The third-order valence-corrected chi connectivity index (χ3v) is 3.85. The lowest BCUT2D eigenvalue weighted by Gasteiger charge is -2.36. The van der Waals surface area contributed by atoms with Gasteiger partial charge in [0.25, 0.3) is 0 Å². The van der Waals surface area contributed by atoms with Gasteiger partial charge in [0.2, 0.25) is 0 Å². The number of hydrogen-bond acceptors (Lipinski definition) is 3. The van der Waals surface area contributed by atoms with Crippen molar-refractivity contribution in [1.82, 2.24) is 20.1 Å². The van der Waals surface area contributed by atoms with Gasteiger partial charge < -0.3 is 10.2 Å². The molecule has 2 heterocycles. The Kier molecular flexibility index (Phi) is 5.73. The van der Waals surface area contributed by atoms with Crippen LogP contribution in [-0.2, 0) is 6.54 Å². The van der Waals surface area contributed by atoms with Crippen LogP contribution in [0.25, 0.3) is 0 Å². The summed E-state index contributed by atoms with van der Waals surface area (Å²) in [6, 6.07) is 4.13. The maximum Gasteiger partial charge on any atom is 0.169 e. The minimum Gasteiger partial charge on any atom is -0.362 e. The van der Waals surface area contributed by atoms with E-state index < -0.39 is 0 Å². The van der Waals surface area contributed by atoms with Gasteiger partial charge in [-0.3, -0.25) is 9.88 Å². The lowest BCUT2D eigenvalue weighted by molar-refractivity contribution is 0.174. The Balaban J connectivity index is 1.73. The molecule has 1 aliphatic heterocycles. The first kappa shape index (κ1) is 15.2. The van der Waals surface area contributed by atoms with Crippen LogP contribution < -0.4 is 5.32 Å². The number of aromatic nitrogens is 1. The second kappa shape index (κ2) is 7.55. The molecule has 1 fully saturated rings. The first-order valence-electron chi connectivity index (χ1n) is 7.29. The van der Waals surface area contributed by atoms with E-state index in [1.165, 1.54) is 5.56 Å². The minimum atomic E-state index is 0.625. The van der Waals surface area contributed by atoms with Crippen molar-refractivity contribution in [2.24, 2.45) is 5.92 Å². The molecule has 0 aliphatic carbocycles. The van der Waals surface area contributed by atoms with E-state index in [2.05, 4.69) is 40.0 Å². The Labute approximate surface area is 127 Å². The summed E-state index contributed by atoms with van der Waals surface area (Å²) in [4.78, 5) is 8.90. The van der Waals surface area contributed by atoms with Crippen LogP contribution in [0.1, 0.15) is 19.4 Å². The molecular formula is C15H24N4S. The van der Waals surface area contributed by atoms with Gasteiger partial charge in [-0.1, -0.05) is 19.9 Å². The van der Waals surface area contributed by atoms with Gasteiger partial charge in [0, 0.05) is 51.7 Å². The molecule has 0 spiro atoms. The molecule has 5 heteroatoms. The van der Waals surface area contributed by atoms with E-state index in [0.29, 0.717) is 5.92 Å². The van der Waals surface area contributed by atoms with E-state index >= 15 is 0 Å².